The molecule has 3 heteroatoms. The summed E-state index contributed by atoms with van der Waals surface area (Å²) in [7, 11) is 1.65. The summed E-state index contributed by atoms with van der Waals surface area (Å²) in [6.07, 6.45) is 0. The molecule has 0 atom stereocenters. The molecule has 2 rings (SSSR count). The highest BCUT2D eigenvalue weighted by Crippen LogP contribution is 2.27. The van der Waals surface area contributed by atoms with Crippen LogP contribution in [0.4, 0.5) is 0 Å². The molecule has 0 spiro atoms. The number of benzene rings is 2. The van der Waals surface area contributed by atoms with Gasteiger partial charge in [-0.3, -0.25) is 0 Å². The molecule has 0 radical (unpaired) electrons. The molecule has 0 aliphatic rings. The molecule has 0 fully saturated rings. The normalized spacial score (nSPS) is 10.3. The van der Waals surface area contributed by atoms with E-state index in [-0.39, 0.29) is 0 Å². The molecule has 0 unspecified atom stereocenters. The number of rotatable bonds is 3. The summed E-state index contributed by atoms with van der Waals surface area (Å²) < 4.78 is 5.12. The largest absolute Gasteiger partial charge is 0.497 e. The number of ether oxygens (including phenoxy) is 1. The van der Waals surface area contributed by atoms with Crippen molar-refractivity contribution < 1.29 is 4.74 Å². The van der Waals surface area contributed by atoms with Gasteiger partial charge in [-0.2, -0.15) is 0 Å². The molecular formula is C14H12Cl2O. The molecule has 0 N–H and O–H groups in total. The molecule has 0 saturated carbocycles. The first-order valence-corrected chi connectivity index (χ1v) is 6.14. The van der Waals surface area contributed by atoms with Gasteiger partial charge in [0, 0.05) is 10.9 Å². The van der Waals surface area contributed by atoms with Crippen LogP contribution in [0.15, 0.2) is 42.5 Å². The third-order valence-electron chi connectivity index (χ3n) is 2.62. The Morgan fingerprint density at radius 2 is 1.65 bits per heavy atom. The van der Waals surface area contributed by atoms with Gasteiger partial charge < -0.3 is 4.74 Å². The summed E-state index contributed by atoms with van der Waals surface area (Å²) in [6.45, 7) is 0. The average molecular weight is 267 g/mol. The van der Waals surface area contributed by atoms with Gasteiger partial charge in [0.2, 0.25) is 0 Å². The third-order valence-corrected chi connectivity index (χ3v) is 3.26. The average Bonchev–Trinajstić information content (AvgIpc) is 2.39. The molecule has 88 valence electrons. The van der Waals surface area contributed by atoms with Crippen LogP contribution in [0.3, 0.4) is 0 Å². The molecule has 0 aliphatic heterocycles. The quantitative estimate of drug-likeness (QED) is 0.729. The SMILES string of the molecule is COc1ccc(-c2ccc(CCl)c(Cl)c2)cc1. The van der Waals surface area contributed by atoms with Crippen LogP contribution >= 0.6 is 23.2 Å². The Morgan fingerprint density at radius 3 is 2.18 bits per heavy atom. The van der Waals surface area contributed by atoms with Crippen molar-refractivity contribution in [3.63, 3.8) is 0 Å². The topological polar surface area (TPSA) is 9.23 Å². The Labute approximate surface area is 111 Å². The number of hydrogen-bond acceptors (Lipinski definition) is 1. The van der Waals surface area contributed by atoms with Crippen molar-refractivity contribution >= 4 is 23.2 Å². The van der Waals surface area contributed by atoms with E-state index in [9.17, 15) is 0 Å². The fourth-order valence-electron chi connectivity index (χ4n) is 1.62. The maximum absolute atomic E-state index is 6.13. The van der Waals surface area contributed by atoms with Crippen molar-refractivity contribution in [3.8, 4) is 16.9 Å². The lowest BCUT2D eigenvalue weighted by atomic mass is 10.0. The van der Waals surface area contributed by atoms with Crippen molar-refractivity contribution in [2.24, 2.45) is 0 Å². The predicted molar refractivity (Wildman–Crippen MR) is 73.0 cm³/mol. The van der Waals surface area contributed by atoms with Gasteiger partial charge >= 0.3 is 0 Å². The summed E-state index contributed by atoms with van der Waals surface area (Å²) in [6, 6.07) is 13.8. The Morgan fingerprint density at radius 1 is 1.00 bits per heavy atom. The van der Waals surface area contributed by atoms with E-state index >= 15 is 0 Å². The lowest BCUT2D eigenvalue weighted by Gasteiger charge is -2.06. The zero-order chi connectivity index (χ0) is 12.3. The third kappa shape index (κ3) is 2.74. The Bertz CT molecular complexity index is 506. The summed E-state index contributed by atoms with van der Waals surface area (Å²) in [5.41, 5.74) is 3.13. The molecule has 0 saturated heterocycles. The van der Waals surface area contributed by atoms with Crippen LogP contribution < -0.4 is 4.74 Å². The minimum Gasteiger partial charge on any atom is -0.497 e. The van der Waals surface area contributed by atoms with Gasteiger partial charge in [0.05, 0.1) is 7.11 Å². The van der Waals surface area contributed by atoms with Crippen LogP contribution in [0, 0.1) is 0 Å². The fraction of sp³-hybridized carbons (Fsp3) is 0.143. The Balaban J connectivity index is 2.35. The van der Waals surface area contributed by atoms with Gasteiger partial charge in [-0.15, -0.1) is 11.6 Å². The van der Waals surface area contributed by atoms with Crippen molar-refractivity contribution in [2.45, 2.75) is 5.88 Å². The van der Waals surface area contributed by atoms with Crippen LogP contribution in [0.2, 0.25) is 5.02 Å². The first-order chi connectivity index (χ1) is 8.24. The molecule has 0 aromatic heterocycles. The highest BCUT2D eigenvalue weighted by atomic mass is 35.5. The van der Waals surface area contributed by atoms with Crippen LogP contribution in [0.5, 0.6) is 5.75 Å². The lowest BCUT2D eigenvalue weighted by molar-refractivity contribution is 0.415. The van der Waals surface area contributed by atoms with E-state index in [4.69, 9.17) is 27.9 Å². The second-order valence-corrected chi connectivity index (χ2v) is 4.34. The number of alkyl halides is 1. The number of hydrogen-bond donors (Lipinski definition) is 0. The van der Waals surface area contributed by atoms with Crippen molar-refractivity contribution in [3.05, 3.63) is 53.1 Å². The molecule has 2 aromatic carbocycles. The van der Waals surface area contributed by atoms with Crippen LogP contribution in [-0.2, 0) is 5.88 Å². The van der Waals surface area contributed by atoms with E-state index in [1.807, 2.05) is 42.5 Å². The second-order valence-electron chi connectivity index (χ2n) is 3.67. The van der Waals surface area contributed by atoms with E-state index in [1.165, 1.54) is 0 Å². The fourth-order valence-corrected chi connectivity index (χ4v) is 2.17. The van der Waals surface area contributed by atoms with E-state index in [0.717, 1.165) is 22.4 Å². The minimum absolute atomic E-state index is 0.432. The Hall–Kier alpha value is -1.18. The van der Waals surface area contributed by atoms with Crippen LogP contribution in [0.25, 0.3) is 11.1 Å². The van der Waals surface area contributed by atoms with Crippen molar-refractivity contribution in [1.29, 1.82) is 0 Å². The van der Waals surface area contributed by atoms with Gasteiger partial charge in [0.25, 0.3) is 0 Å². The first-order valence-electron chi connectivity index (χ1n) is 5.23. The molecule has 17 heavy (non-hydrogen) atoms. The molecule has 0 aliphatic carbocycles. The van der Waals surface area contributed by atoms with Crippen LogP contribution in [-0.4, -0.2) is 7.11 Å². The standard InChI is InChI=1S/C14H12Cl2O/c1-17-13-6-4-10(5-7-13)11-2-3-12(9-15)14(16)8-11/h2-8H,9H2,1H3. The monoisotopic (exact) mass is 266 g/mol. The first kappa shape index (κ1) is 12.3. The van der Waals surface area contributed by atoms with Gasteiger partial charge in [0.1, 0.15) is 5.75 Å². The zero-order valence-corrected chi connectivity index (χ0v) is 10.9. The Kier molecular flexibility index (Phi) is 3.93. The molecule has 2 aromatic rings. The van der Waals surface area contributed by atoms with Gasteiger partial charge in [0.15, 0.2) is 0 Å². The summed E-state index contributed by atoms with van der Waals surface area (Å²) in [4.78, 5) is 0. The van der Waals surface area contributed by atoms with E-state index in [1.54, 1.807) is 7.11 Å². The van der Waals surface area contributed by atoms with Gasteiger partial charge in [-0.05, 0) is 34.9 Å². The predicted octanol–water partition coefficient (Wildman–Crippen LogP) is 4.75. The lowest BCUT2D eigenvalue weighted by Crippen LogP contribution is -1.85. The maximum Gasteiger partial charge on any atom is 0.118 e. The highest BCUT2D eigenvalue weighted by molar-refractivity contribution is 6.32. The summed E-state index contributed by atoms with van der Waals surface area (Å²) >= 11 is 11.9. The van der Waals surface area contributed by atoms with Crippen molar-refractivity contribution in [1.82, 2.24) is 0 Å². The van der Waals surface area contributed by atoms with Crippen molar-refractivity contribution in [2.75, 3.05) is 7.11 Å². The molecule has 1 nitrogen and oxygen atoms in total. The molecular weight excluding hydrogens is 255 g/mol. The van der Waals surface area contributed by atoms with E-state index in [0.29, 0.717) is 10.9 Å². The summed E-state index contributed by atoms with van der Waals surface area (Å²) in [5, 5.41) is 0.702. The molecule has 0 bridgehead atoms. The maximum atomic E-state index is 6.13. The second kappa shape index (κ2) is 5.44. The van der Waals surface area contributed by atoms with E-state index in [2.05, 4.69) is 0 Å². The zero-order valence-electron chi connectivity index (χ0n) is 9.41. The van der Waals surface area contributed by atoms with E-state index < -0.39 is 0 Å². The smallest absolute Gasteiger partial charge is 0.118 e. The highest BCUT2D eigenvalue weighted by Gasteiger charge is 2.03. The molecule has 0 heterocycles. The number of methoxy groups -OCH3 is 1. The minimum atomic E-state index is 0.432. The number of halogens is 2. The van der Waals surface area contributed by atoms with Gasteiger partial charge in [-0.25, -0.2) is 0 Å². The summed E-state index contributed by atoms with van der Waals surface area (Å²) in [5.74, 6) is 1.28. The molecule has 0 amide bonds. The van der Waals surface area contributed by atoms with Gasteiger partial charge in [-0.1, -0.05) is 35.9 Å². The van der Waals surface area contributed by atoms with Crippen LogP contribution in [0.1, 0.15) is 5.56 Å².